The number of aromatic amines is 1. The van der Waals surface area contributed by atoms with Crippen LogP contribution < -0.4 is 0 Å². The first kappa shape index (κ1) is 22.8. The van der Waals surface area contributed by atoms with Crippen molar-refractivity contribution in [2.45, 2.75) is 70.4 Å². The second-order valence-electron chi connectivity index (χ2n) is 10.7. The van der Waals surface area contributed by atoms with E-state index in [2.05, 4.69) is 16.8 Å². The number of likely N-dealkylation sites (tertiary alicyclic amines) is 1. The van der Waals surface area contributed by atoms with Crippen molar-refractivity contribution in [1.82, 2.24) is 9.88 Å². The molecule has 2 aromatic rings. The van der Waals surface area contributed by atoms with Crippen molar-refractivity contribution in [2.75, 3.05) is 19.6 Å². The molecule has 7 heteroatoms. The van der Waals surface area contributed by atoms with Crippen molar-refractivity contribution in [2.24, 2.45) is 17.3 Å². The number of hydrogen-bond acceptors (Lipinski definition) is 2. The van der Waals surface area contributed by atoms with Gasteiger partial charge in [0, 0.05) is 23.1 Å². The van der Waals surface area contributed by atoms with Gasteiger partial charge in [-0.2, -0.15) is 13.2 Å². The molecule has 1 saturated heterocycles. The lowest BCUT2D eigenvalue weighted by Gasteiger charge is -2.45. The van der Waals surface area contributed by atoms with Gasteiger partial charge in [-0.25, -0.2) is 0 Å². The number of nitrogens with one attached hydrogen (secondary N) is 1. The fourth-order valence-corrected chi connectivity index (χ4v) is 6.90. The Morgan fingerprint density at radius 3 is 2.70 bits per heavy atom. The first-order valence-corrected chi connectivity index (χ1v) is 12.4. The van der Waals surface area contributed by atoms with Gasteiger partial charge >= 0.3 is 12.1 Å². The van der Waals surface area contributed by atoms with Crippen LogP contribution in [-0.2, 0) is 17.4 Å². The highest BCUT2D eigenvalue weighted by atomic mass is 19.4. The molecule has 180 valence electrons. The predicted octanol–water partition coefficient (Wildman–Crippen LogP) is 6.21. The lowest BCUT2D eigenvalue weighted by atomic mass is 9.67. The Bertz CT molecular complexity index is 1040. The Morgan fingerprint density at radius 2 is 2.00 bits per heavy atom. The molecule has 0 bridgehead atoms. The number of rotatable bonds is 4. The molecule has 0 spiro atoms. The average Bonchev–Trinajstić information content (AvgIpc) is 3.15. The number of piperidine rings is 1. The zero-order chi connectivity index (χ0) is 23.4. The topological polar surface area (TPSA) is 56.3 Å². The molecule has 2 fully saturated rings. The van der Waals surface area contributed by atoms with Crippen LogP contribution in [0.4, 0.5) is 13.2 Å². The van der Waals surface area contributed by atoms with Crippen molar-refractivity contribution in [3.63, 3.8) is 0 Å². The summed E-state index contributed by atoms with van der Waals surface area (Å²) in [5, 5.41) is 10.6. The Kier molecular flexibility index (Phi) is 5.74. The Balaban J connectivity index is 1.35. The van der Waals surface area contributed by atoms with Crippen LogP contribution in [0.2, 0.25) is 0 Å². The molecule has 1 aliphatic heterocycles. The van der Waals surface area contributed by atoms with E-state index < -0.39 is 23.1 Å². The number of fused-ring (bicyclic) bond motifs is 4. The van der Waals surface area contributed by atoms with E-state index in [1.54, 1.807) is 6.07 Å². The lowest BCUT2D eigenvalue weighted by molar-refractivity contribution is -0.152. The van der Waals surface area contributed by atoms with E-state index in [1.165, 1.54) is 6.07 Å². The van der Waals surface area contributed by atoms with Crippen LogP contribution in [0.3, 0.4) is 0 Å². The monoisotopic (exact) mass is 462 g/mol. The zero-order valence-corrected chi connectivity index (χ0v) is 19.2. The molecular formula is C26H33F3N2O2. The number of nitrogens with zero attached hydrogens (tertiary/aromatic N) is 1. The van der Waals surface area contributed by atoms with Gasteiger partial charge in [0.15, 0.2) is 0 Å². The summed E-state index contributed by atoms with van der Waals surface area (Å²) in [6.07, 6.45) is 2.96. The Labute approximate surface area is 192 Å². The normalized spacial score (nSPS) is 27.8. The van der Waals surface area contributed by atoms with Crippen LogP contribution in [0.25, 0.3) is 10.9 Å². The number of aromatic nitrogens is 1. The zero-order valence-electron chi connectivity index (χ0n) is 19.2. The molecule has 33 heavy (non-hydrogen) atoms. The fraction of sp³-hybridized carbons (Fsp3) is 0.654. The molecule has 0 unspecified atom stereocenters. The third-order valence-corrected chi connectivity index (χ3v) is 8.87. The van der Waals surface area contributed by atoms with Crippen LogP contribution in [0.15, 0.2) is 18.2 Å². The molecule has 3 atom stereocenters. The van der Waals surface area contributed by atoms with Crippen LogP contribution >= 0.6 is 0 Å². The van der Waals surface area contributed by atoms with Gasteiger partial charge in [-0.1, -0.05) is 26.2 Å². The third-order valence-electron chi connectivity index (χ3n) is 8.87. The van der Waals surface area contributed by atoms with Gasteiger partial charge in [0.25, 0.3) is 0 Å². The van der Waals surface area contributed by atoms with Crippen LogP contribution in [0, 0.1) is 17.3 Å². The van der Waals surface area contributed by atoms with E-state index in [4.69, 9.17) is 0 Å². The first-order chi connectivity index (χ1) is 15.7. The first-order valence-electron chi connectivity index (χ1n) is 12.4. The highest BCUT2D eigenvalue weighted by molar-refractivity contribution is 5.86. The molecule has 4 nitrogen and oxygen atoms in total. The summed E-state index contributed by atoms with van der Waals surface area (Å²) in [7, 11) is 0. The molecule has 2 heterocycles. The van der Waals surface area contributed by atoms with Crippen LogP contribution in [0.5, 0.6) is 0 Å². The summed E-state index contributed by atoms with van der Waals surface area (Å²) >= 11 is 0. The van der Waals surface area contributed by atoms with E-state index in [9.17, 15) is 23.1 Å². The summed E-state index contributed by atoms with van der Waals surface area (Å²) in [4.78, 5) is 17.9. The number of aliphatic carboxylic acids is 1. The molecule has 3 aliphatic rings. The summed E-state index contributed by atoms with van der Waals surface area (Å²) < 4.78 is 40.0. The molecule has 0 amide bonds. The highest BCUT2D eigenvalue weighted by Gasteiger charge is 2.43. The van der Waals surface area contributed by atoms with Gasteiger partial charge in [-0.3, -0.25) is 4.79 Å². The van der Waals surface area contributed by atoms with Gasteiger partial charge < -0.3 is 15.0 Å². The minimum atomic E-state index is -4.35. The molecule has 1 aromatic heterocycles. The Morgan fingerprint density at radius 1 is 1.24 bits per heavy atom. The van der Waals surface area contributed by atoms with Crippen molar-refractivity contribution in [3.05, 3.63) is 35.0 Å². The maximum Gasteiger partial charge on any atom is 0.416 e. The largest absolute Gasteiger partial charge is 0.481 e. The number of carboxylic acids is 1. The van der Waals surface area contributed by atoms with Crippen molar-refractivity contribution in [3.8, 4) is 0 Å². The molecule has 1 saturated carbocycles. The summed E-state index contributed by atoms with van der Waals surface area (Å²) in [5.74, 6) is 0.419. The average molecular weight is 463 g/mol. The quantitative estimate of drug-likeness (QED) is 0.568. The SMILES string of the molecule is C[C@H]1c2c([nH]c3ccc(C(F)(F)F)cc23)C[C@H]2CCN(CCC3(C(=O)O)CCCCC3)C[C@H]21. The fourth-order valence-electron chi connectivity index (χ4n) is 6.90. The highest BCUT2D eigenvalue weighted by Crippen LogP contribution is 2.47. The predicted molar refractivity (Wildman–Crippen MR) is 121 cm³/mol. The second kappa shape index (κ2) is 8.33. The lowest BCUT2D eigenvalue weighted by Crippen LogP contribution is -2.47. The van der Waals surface area contributed by atoms with Gasteiger partial charge in [0.05, 0.1) is 11.0 Å². The second-order valence-corrected chi connectivity index (χ2v) is 10.7. The Hall–Kier alpha value is -2.02. The molecule has 2 aliphatic carbocycles. The number of hydrogen-bond donors (Lipinski definition) is 2. The summed E-state index contributed by atoms with van der Waals surface area (Å²) in [6.45, 7) is 4.82. The number of halogens is 3. The summed E-state index contributed by atoms with van der Waals surface area (Å²) in [6, 6.07) is 4.03. The number of carboxylic acid groups (broad SMARTS) is 1. The minimum absolute atomic E-state index is 0.168. The van der Waals surface area contributed by atoms with Gasteiger partial charge in [-0.15, -0.1) is 0 Å². The maximum absolute atomic E-state index is 13.3. The molecule has 5 rings (SSSR count). The van der Waals surface area contributed by atoms with Crippen molar-refractivity contribution in [1.29, 1.82) is 0 Å². The van der Waals surface area contributed by atoms with Crippen molar-refractivity contribution < 1.29 is 23.1 Å². The van der Waals surface area contributed by atoms with Gasteiger partial charge in [0.2, 0.25) is 0 Å². The van der Waals surface area contributed by atoms with E-state index >= 15 is 0 Å². The number of H-pyrrole nitrogens is 1. The molecule has 0 radical (unpaired) electrons. The van der Waals surface area contributed by atoms with E-state index in [0.29, 0.717) is 23.6 Å². The van der Waals surface area contributed by atoms with E-state index in [0.717, 1.165) is 87.4 Å². The standard InChI is InChI=1S/C26H33F3N2O2/c1-16-20-15-31(12-10-25(24(32)33)8-3-2-4-9-25)11-7-17(20)13-22-23(16)19-14-18(26(27,28)29)5-6-21(19)30-22/h5-6,14,16-17,20,30H,2-4,7-13,15H2,1H3,(H,32,33)/t16-,17-,20+/m1/s1. The van der Waals surface area contributed by atoms with E-state index in [1.807, 2.05) is 0 Å². The van der Waals surface area contributed by atoms with Gasteiger partial charge in [-0.05, 0) is 86.7 Å². The number of alkyl halides is 3. The number of carbonyl (C=O) groups is 1. The third kappa shape index (κ3) is 4.07. The van der Waals surface area contributed by atoms with Crippen LogP contribution in [0.1, 0.15) is 74.6 Å². The van der Waals surface area contributed by atoms with Crippen molar-refractivity contribution >= 4 is 16.9 Å². The van der Waals surface area contributed by atoms with Gasteiger partial charge in [0.1, 0.15) is 0 Å². The van der Waals surface area contributed by atoms with E-state index in [-0.39, 0.29) is 5.92 Å². The molecule has 2 N–H and O–H groups in total. The maximum atomic E-state index is 13.3. The minimum Gasteiger partial charge on any atom is -0.481 e. The number of benzene rings is 1. The smallest absolute Gasteiger partial charge is 0.416 e. The molecular weight excluding hydrogens is 429 g/mol. The van der Waals surface area contributed by atoms with Crippen LogP contribution in [-0.4, -0.2) is 40.6 Å². The summed E-state index contributed by atoms with van der Waals surface area (Å²) in [5.41, 5.74) is 1.76. The molecule has 1 aromatic carbocycles.